The summed E-state index contributed by atoms with van der Waals surface area (Å²) in [5.41, 5.74) is 0. The maximum atomic E-state index is 4.89. The zero-order valence-corrected chi connectivity index (χ0v) is 5.92. The first-order valence-electron chi connectivity index (χ1n) is 3.24. The average molecular weight is 128 g/mol. The average Bonchev–Trinajstić information content (AvgIpc) is 1.89. The second kappa shape index (κ2) is 2.71. The molecule has 0 aromatic carbocycles. The fourth-order valence-corrected chi connectivity index (χ4v) is 0.831. The molecule has 1 rings (SSSR count). The number of hydrogen-bond acceptors (Lipinski definition) is 3. The molecular weight excluding hydrogens is 116 g/mol. The van der Waals surface area contributed by atoms with E-state index in [1.807, 2.05) is 7.05 Å². The summed E-state index contributed by atoms with van der Waals surface area (Å²) in [5.74, 6) is 1.04. The highest BCUT2D eigenvalue weighted by Gasteiger charge is 2.08. The van der Waals surface area contributed by atoms with Crippen LogP contribution in [0.1, 0.15) is 13.3 Å². The monoisotopic (exact) mass is 128 g/mol. The third-order valence-corrected chi connectivity index (χ3v) is 1.44. The minimum absolute atomic E-state index is 0.722. The summed E-state index contributed by atoms with van der Waals surface area (Å²) in [6.07, 6.45) is 0.955. The quantitative estimate of drug-likeness (QED) is 0.518. The summed E-state index contributed by atoms with van der Waals surface area (Å²) in [7, 11) is 2.03. The minimum atomic E-state index is 0.722. The molecule has 0 saturated carbocycles. The number of hydrogen-bond donors (Lipinski definition) is 0. The van der Waals surface area contributed by atoms with E-state index in [0.29, 0.717) is 0 Å². The molecule has 0 aromatic rings. The molecule has 0 N–H and O–H groups in total. The van der Waals surface area contributed by atoms with Crippen LogP contribution in [0.25, 0.3) is 0 Å². The van der Waals surface area contributed by atoms with Crippen LogP contribution >= 0.6 is 0 Å². The standard InChI is InChI=1S/C6H12N2O/c1-3-6-7-9-5-4-8(6)2/h3-5H2,1-2H3. The molecule has 0 saturated heterocycles. The van der Waals surface area contributed by atoms with Gasteiger partial charge in [0.25, 0.3) is 0 Å². The second-order valence-electron chi connectivity index (χ2n) is 2.12. The van der Waals surface area contributed by atoms with Crippen LogP contribution in [0, 0.1) is 0 Å². The van der Waals surface area contributed by atoms with Crippen molar-refractivity contribution in [3.8, 4) is 0 Å². The Morgan fingerprint density at radius 2 is 2.56 bits per heavy atom. The van der Waals surface area contributed by atoms with Crippen LogP contribution < -0.4 is 0 Å². The Balaban J connectivity index is 2.53. The van der Waals surface area contributed by atoms with Gasteiger partial charge in [0.15, 0.2) is 0 Å². The maximum absolute atomic E-state index is 4.89. The molecule has 9 heavy (non-hydrogen) atoms. The van der Waals surface area contributed by atoms with Crippen LogP contribution in [0.15, 0.2) is 5.16 Å². The third-order valence-electron chi connectivity index (χ3n) is 1.44. The Labute approximate surface area is 55.3 Å². The SMILES string of the molecule is CCC1=NOCCN1C. The Bertz CT molecular complexity index is 122. The van der Waals surface area contributed by atoms with Gasteiger partial charge in [0.05, 0.1) is 6.54 Å². The van der Waals surface area contributed by atoms with E-state index in [0.717, 1.165) is 25.4 Å². The predicted octanol–water partition coefficient (Wildman–Crippen LogP) is 0.672. The van der Waals surface area contributed by atoms with Gasteiger partial charge in [-0.25, -0.2) is 0 Å². The highest BCUT2D eigenvalue weighted by Crippen LogP contribution is 1.99. The first-order chi connectivity index (χ1) is 4.34. The van der Waals surface area contributed by atoms with E-state index < -0.39 is 0 Å². The topological polar surface area (TPSA) is 24.8 Å². The van der Waals surface area contributed by atoms with E-state index in [9.17, 15) is 0 Å². The summed E-state index contributed by atoms with van der Waals surface area (Å²) in [6.45, 7) is 3.76. The molecule has 52 valence electrons. The molecule has 1 aliphatic heterocycles. The summed E-state index contributed by atoms with van der Waals surface area (Å²) >= 11 is 0. The smallest absolute Gasteiger partial charge is 0.144 e. The van der Waals surface area contributed by atoms with Crippen molar-refractivity contribution in [3.05, 3.63) is 0 Å². The van der Waals surface area contributed by atoms with Gasteiger partial charge in [0.2, 0.25) is 0 Å². The van der Waals surface area contributed by atoms with Crippen LogP contribution in [0.3, 0.4) is 0 Å². The second-order valence-corrected chi connectivity index (χ2v) is 2.12. The number of likely N-dealkylation sites (N-methyl/N-ethyl adjacent to an activating group) is 1. The highest BCUT2D eigenvalue weighted by atomic mass is 16.6. The molecule has 0 aromatic heterocycles. The Morgan fingerprint density at radius 1 is 1.78 bits per heavy atom. The summed E-state index contributed by atoms with van der Waals surface area (Å²) in [6, 6.07) is 0. The van der Waals surface area contributed by atoms with Crippen LogP contribution in [0.4, 0.5) is 0 Å². The first-order valence-corrected chi connectivity index (χ1v) is 3.24. The largest absolute Gasteiger partial charge is 0.392 e. The molecular formula is C6H12N2O. The molecule has 0 fully saturated rings. The predicted molar refractivity (Wildman–Crippen MR) is 36.3 cm³/mol. The van der Waals surface area contributed by atoms with Crippen molar-refractivity contribution in [1.29, 1.82) is 0 Å². The molecule has 0 aliphatic carbocycles. The lowest BCUT2D eigenvalue weighted by Crippen LogP contribution is -2.33. The fraction of sp³-hybridized carbons (Fsp3) is 0.833. The van der Waals surface area contributed by atoms with E-state index >= 15 is 0 Å². The van der Waals surface area contributed by atoms with E-state index in [1.165, 1.54) is 0 Å². The van der Waals surface area contributed by atoms with Gasteiger partial charge < -0.3 is 9.74 Å². The van der Waals surface area contributed by atoms with Gasteiger partial charge in [-0.1, -0.05) is 12.1 Å². The zero-order chi connectivity index (χ0) is 6.69. The lowest BCUT2D eigenvalue weighted by molar-refractivity contribution is 0.107. The summed E-state index contributed by atoms with van der Waals surface area (Å²) in [5, 5.41) is 3.87. The molecule has 0 atom stereocenters. The fourth-order valence-electron chi connectivity index (χ4n) is 0.831. The number of nitrogens with zero attached hydrogens (tertiary/aromatic N) is 2. The lowest BCUT2D eigenvalue weighted by Gasteiger charge is -2.22. The third kappa shape index (κ3) is 1.34. The van der Waals surface area contributed by atoms with Gasteiger partial charge in [-0.3, -0.25) is 0 Å². The van der Waals surface area contributed by atoms with Gasteiger partial charge in [-0.2, -0.15) is 0 Å². The van der Waals surface area contributed by atoms with Crippen molar-refractivity contribution >= 4 is 5.84 Å². The zero-order valence-electron chi connectivity index (χ0n) is 5.92. The lowest BCUT2D eigenvalue weighted by atomic mass is 10.4. The Morgan fingerprint density at radius 3 is 3.00 bits per heavy atom. The van der Waals surface area contributed by atoms with Crippen LogP contribution in [-0.4, -0.2) is 30.9 Å². The maximum Gasteiger partial charge on any atom is 0.144 e. The van der Waals surface area contributed by atoms with E-state index in [-0.39, 0.29) is 0 Å². The van der Waals surface area contributed by atoms with Crippen molar-refractivity contribution in [1.82, 2.24) is 4.90 Å². The van der Waals surface area contributed by atoms with E-state index in [2.05, 4.69) is 17.0 Å². The van der Waals surface area contributed by atoms with Crippen molar-refractivity contribution < 1.29 is 4.84 Å². The van der Waals surface area contributed by atoms with Crippen LogP contribution in [0.2, 0.25) is 0 Å². The van der Waals surface area contributed by atoms with Crippen molar-refractivity contribution in [2.45, 2.75) is 13.3 Å². The van der Waals surface area contributed by atoms with E-state index in [1.54, 1.807) is 0 Å². The van der Waals surface area contributed by atoms with E-state index in [4.69, 9.17) is 4.84 Å². The normalized spacial score (nSPS) is 18.9. The summed E-state index contributed by atoms with van der Waals surface area (Å²) < 4.78 is 0. The molecule has 0 amide bonds. The number of oxime groups is 1. The van der Waals surface area contributed by atoms with Gasteiger partial charge in [-0.15, -0.1) is 0 Å². The number of rotatable bonds is 1. The van der Waals surface area contributed by atoms with Crippen molar-refractivity contribution in [2.24, 2.45) is 5.16 Å². The Kier molecular flexibility index (Phi) is 1.92. The molecule has 1 aliphatic rings. The number of amidine groups is 1. The van der Waals surface area contributed by atoms with Gasteiger partial charge in [0, 0.05) is 13.5 Å². The molecule has 0 unspecified atom stereocenters. The molecule has 1 heterocycles. The molecule has 0 bridgehead atoms. The molecule has 0 spiro atoms. The van der Waals surface area contributed by atoms with Crippen LogP contribution in [-0.2, 0) is 4.84 Å². The van der Waals surface area contributed by atoms with Gasteiger partial charge >= 0.3 is 0 Å². The molecule has 0 radical (unpaired) electrons. The van der Waals surface area contributed by atoms with Crippen molar-refractivity contribution in [3.63, 3.8) is 0 Å². The van der Waals surface area contributed by atoms with Crippen molar-refractivity contribution in [2.75, 3.05) is 20.2 Å². The minimum Gasteiger partial charge on any atom is -0.392 e. The van der Waals surface area contributed by atoms with Gasteiger partial charge in [-0.05, 0) is 0 Å². The summed E-state index contributed by atoms with van der Waals surface area (Å²) in [4.78, 5) is 7.00. The highest BCUT2D eigenvalue weighted by molar-refractivity contribution is 5.81. The molecule has 3 heteroatoms. The first kappa shape index (κ1) is 6.39. The van der Waals surface area contributed by atoms with Gasteiger partial charge in [0.1, 0.15) is 12.4 Å². The van der Waals surface area contributed by atoms with Crippen LogP contribution in [0.5, 0.6) is 0 Å². The molecule has 3 nitrogen and oxygen atoms in total. The Hall–Kier alpha value is -0.730.